The lowest BCUT2D eigenvalue weighted by Crippen LogP contribution is -2.36. The van der Waals surface area contributed by atoms with E-state index in [1.807, 2.05) is 0 Å². The van der Waals surface area contributed by atoms with Crippen LogP contribution in [0.5, 0.6) is 5.75 Å². The molecule has 2 aromatic rings. The number of hydrogen-bond donors (Lipinski definition) is 3. The average Bonchev–Trinajstić information content (AvgIpc) is 2.65. The van der Waals surface area contributed by atoms with Crippen molar-refractivity contribution in [1.29, 1.82) is 0 Å². The van der Waals surface area contributed by atoms with Gasteiger partial charge in [0.15, 0.2) is 15.8 Å². The Balaban J connectivity index is 2.42. The second-order valence-electron chi connectivity index (χ2n) is 3.50. The van der Waals surface area contributed by atoms with E-state index in [1.54, 1.807) is 0 Å². The number of aromatic nitrogens is 1. The topological polar surface area (TPSA) is 139 Å². The fourth-order valence-electron chi connectivity index (χ4n) is 1.31. The van der Waals surface area contributed by atoms with Crippen LogP contribution in [0.1, 0.15) is 5.56 Å². The van der Waals surface area contributed by atoms with E-state index >= 15 is 0 Å². The van der Waals surface area contributed by atoms with Crippen molar-refractivity contribution in [2.45, 2.75) is 11.1 Å². The maximum absolute atomic E-state index is 11.2. The van der Waals surface area contributed by atoms with Gasteiger partial charge in [-0.25, -0.2) is 13.6 Å². The van der Waals surface area contributed by atoms with Gasteiger partial charge in [0.2, 0.25) is 10.9 Å². The second-order valence-corrected chi connectivity index (χ2v) is 6.03. The first-order chi connectivity index (χ1) is 8.23. The van der Waals surface area contributed by atoms with Crippen LogP contribution < -0.4 is 21.3 Å². The zero-order valence-electron chi connectivity index (χ0n) is 8.92. The van der Waals surface area contributed by atoms with E-state index in [2.05, 4.69) is 9.69 Å². The number of aromatic hydroxyl groups is 1. The Kier molecular flexibility index (Phi) is 2.72. The summed E-state index contributed by atoms with van der Waals surface area (Å²) in [7, 11) is -4.08. The first-order valence-electron chi connectivity index (χ1n) is 4.52. The predicted molar refractivity (Wildman–Crippen MR) is 64.5 cm³/mol. The van der Waals surface area contributed by atoms with Gasteiger partial charge in [-0.05, 0) is 18.5 Å². The Morgan fingerprint density at radius 3 is 2.39 bits per heavy atom. The molecule has 0 fully saturated rings. The Morgan fingerprint density at radius 1 is 1.33 bits per heavy atom. The summed E-state index contributed by atoms with van der Waals surface area (Å²) >= 11 is 0.469. The molecule has 0 spiro atoms. The summed E-state index contributed by atoms with van der Waals surface area (Å²) in [5.41, 5.74) is -1.18. The lowest BCUT2D eigenvalue weighted by Gasteiger charge is -2.07. The molecule has 0 aliphatic heterocycles. The third-order valence-electron chi connectivity index (χ3n) is 2.29. The van der Waals surface area contributed by atoms with E-state index in [4.69, 9.17) is 5.14 Å². The smallest absolute Gasteiger partial charge is 0.252 e. The normalized spacial score (nSPS) is 11.9. The van der Waals surface area contributed by atoms with Crippen molar-refractivity contribution < 1.29 is 13.5 Å². The molecule has 0 saturated carbocycles. The highest BCUT2D eigenvalue weighted by molar-refractivity contribution is 7.91. The molecule has 1 aromatic carbocycles. The number of sulfonamides is 1. The molecule has 18 heavy (non-hydrogen) atoms. The van der Waals surface area contributed by atoms with Crippen LogP contribution in [0.15, 0.2) is 13.8 Å². The van der Waals surface area contributed by atoms with Gasteiger partial charge < -0.3 is 10.4 Å². The molecule has 0 radical (unpaired) electrons. The van der Waals surface area contributed by atoms with E-state index in [0.717, 1.165) is 0 Å². The van der Waals surface area contributed by atoms with Crippen molar-refractivity contribution in [3.05, 3.63) is 26.0 Å². The summed E-state index contributed by atoms with van der Waals surface area (Å²) < 4.78 is 25.2. The summed E-state index contributed by atoms with van der Waals surface area (Å²) in [6, 6.07) is 0. The van der Waals surface area contributed by atoms with Gasteiger partial charge in [0.05, 0.1) is 5.69 Å². The summed E-state index contributed by atoms with van der Waals surface area (Å²) in [6.07, 6.45) is 0. The highest BCUT2D eigenvalue weighted by atomic mass is 32.2. The highest BCUT2D eigenvalue weighted by Crippen LogP contribution is 2.35. The van der Waals surface area contributed by atoms with E-state index < -0.39 is 30.8 Å². The van der Waals surface area contributed by atoms with Crippen LogP contribution in [-0.2, 0) is 10.0 Å². The van der Waals surface area contributed by atoms with Crippen LogP contribution in [-0.4, -0.2) is 17.9 Å². The van der Waals surface area contributed by atoms with Crippen LogP contribution in [0.3, 0.4) is 0 Å². The fraction of sp³-hybridized carbons (Fsp3) is 0.125. The van der Waals surface area contributed by atoms with E-state index in [1.165, 1.54) is 6.92 Å². The summed E-state index contributed by atoms with van der Waals surface area (Å²) in [6.45, 7) is 1.43. The van der Waals surface area contributed by atoms with Gasteiger partial charge in [0.1, 0.15) is 0 Å². The quantitative estimate of drug-likeness (QED) is 0.625. The van der Waals surface area contributed by atoms with Gasteiger partial charge in [-0.3, -0.25) is 9.59 Å². The standard InChI is InChI=1S/C8H7N3O5S2/c1-2-3(5(13)4(2)12)10-7-6(14)8(17-11-7)18(9,15)16/h14H,1H3,(H,10,11)(H2,9,15,16). The molecule has 1 aromatic heterocycles. The van der Waals surface area contributed by atoms with Gasteiger partial charge in [0.25, 0.3) is 10.0 Å². The Labute approximate surface area is 105 Å². The molecule has 0 saturated heterocycles. The van der Waals surface area contributed by atoms with E-state index in [9.17, 15) is 23.1 Å². The molecule has 10 heteroatoms. The number of hydrogen-bond acceptors (Lipinski definition) is 8. The Hall–Kier alpha value is -1.78. The molecule has 0 amide bonds. The largest absolute Gasteiger partial charge is 0.503 e. The summed E-state index contributed by atoms with van der Waals surface area (Å²) in [5, 5.41) is 16.8. The minimum Gasteiger partial charge on any atom is -0.503 e. The molecule has 0 unspecified atom stereocenters. The highest BCUT2D eigenvalue weighted by Gasteiger charge is 2.24. The molecule has 96 valence electrons. The van der Waals surface area contributed by atoms with E-state index in [-0.39, 0.29) is 17.1 Å². The van der Waals surface area contributed by atoms with Gasteiger partial charge in [0, 0.05) is 5.56 Å². The monoisotopic (exact) mass is 289 g/mol. The summed E-state index contributed by atoms with van der Waals surface area (Å²) in [5.74, 6) is -0.894. The van der Waals surface area contributed by atoms with Crippen LogP contribution in [0.25, 0.3) is 0 Å². The SMILES string of the molecule is Cc1c(Nc2nsc(S(N)(=O)=O)c2O)c(=O)c1=O. The molecule has 0 atom stereocenters. The number of nitrogens with one attached hydrogen (secondary N) is 1. The third-order valence-corrected chi connectivity index (χ3v) is 4.55. The minimum absolute atomic E-state index is 0.0124. The van der Waals surface area contributed by atoms with E-state index in [0.29, 0.717) is 11.5 Å². The number of primary sulfonamides is 1. The zero-order valence-corrected chi connectivity index (χ0v) is 10.6. The second kappa shape index (κ2) is 3.86. The predicted octanol–water partition coefficient (Wildman–Crippen LogP) is -0.856. The van der Waals surface area contributed by atoms with Crippen molar-refractivity contribution >= 4 is 33.1 Å². The average molecular weight is 289 g/mol. The first-order valence-corrected chi connectivity index (χ1v) is 6.84. The van der Waals surface area contributed by atoms with Crippen molar-refractivity contribution in [3.63, 3.8) is 0 Å². The number of anilines is 2. The van der Waals surface area contributed by atoms with Crippen molar-refractivity contribution in [2.75, 3.05) is 5.32 Å². The molecule has 4 N–H and O–H groups in total. The van der Waals surface area contributed by atoms with Crippen molar-refractivity contribution in [2.24, 2.45) is 5.14 Å². The Morgan fingerprint density at radius 2 is 1.94 bits per heavy atom. The Bertz CT molecular complexity index is 797. The maximum atomic E-state index is 11.2. The van der Waals surface area contributed by atoms with Gasteiger partial charge >= 0.3 is 0 Å². The van der Waals surface area contributed by atoms with Crippen LogP contribution in [0.4, 0.5) is 11.5 Å². The van der Waals surface area contributed by atoms with Gasteiger partial charge in [-0.1, -0.05) is 0 Å². The zero-order chi connectivity index (χ0) is 13.7. The van der Waals surface area contributed by atoms with Crippen molar-refractivity contribution in [3.8, 4) is 5.75 Å². The van der Waals surface area contributed by atoms with Crippen LogP contribution >= 0.6 is 11.5 Å². The van der Waals surface area contributed by atoms with Crippen LogP contribution in [0, 0.1) is 6.92 Å². The molecule has 2 rings (SSSR count). The lowest BCUT2D eigenvalue weighted by molar-refractivity contribution is 0.465. The number of nitrogens with zero attached hydrogens (tertiary/aromatic N) is 1. The van der Waals surface area contributed by atoms with Gasteiger partial charge in [-0.15, -0.1) is 0 Å². The third kappa shape index (κ3) is 1.79. The molecule has 8 nitrogen and oxygen atoms in total. The minimum atomic E-state index is -4.08. The van der Waals surface area contributed by atoms with Crippen LogP contribution in [0.2, 0.25) is 0 Å². The van der Waals surface area contributed by atoms with Gasteiger partial charge in [-0.2, -0.15) is 4.37 Å². The molecular weight excluding hydrogens is 282 g/mol. The molecule has 1 heterocycles. The fourth-order valence-corrected chi connectivity index (χ4v) is 2.70. The number of rotatable bonds is 3. The number of nitrogens with two attached hydrogens (primary N) is 1. The maximum Gasteiger partial charge on any atom is 0.252 e. The first kappa shape index (κ1) is 12.7. The summed E-state index contributed by atoms with van der Waals surface area (Å²) in [4.78, 5) is 22.1. The van der Waals surface area contributed by atoms with Crippen molar-refractivity contribution in [1.82, 2.24) is 4.37 Å². The molecule has 0 aliphatic rings. The molecule has 0 bridgehead atoms. The molecular formula is C8H7N3O5S2. The lowest BCUT2D eigenvalue weighted by atomic mass is 10.1. The molecule has 0 aliphatic carbocycles.